The number of pyridine rings is 1. The summed E-state index contributed by atoms with van der Waals surface area (Å²) in [4.78, 5) is 4.18. The molecule has 18 heavy (non-hydrogen) atoms. The van der Waals surface area contributed by atoms with Gasteiger partial charge in [0.25, 0.3) is 0 Å². The van der Waals surface area contributed by atoms with Crippen LogP contribution in [0.1, 0.15) is 35.5 Å². The van der Waals surface area contributed by atoms with Crippen molar-refractivity contribution in [3.63, 3.8) is 0 Å². The lowest BCUT2D eigenvalue weighted by Crippen LogP contribution is -2.31. The summed E-state index contributed by atoms with van der Waals surface area (Å²) in [5.74, 6) is 5.72. The Morgan fingerprint density at radius 2 is 2.22 bits per heavy atom. The predicted molar refractivity (Wildman–Crippen MR) is 70.8 cm³/mol. The van der Waals surface area contributed by atoms with Crippen molar-refractivity contribution in [3.8, 4) is 0 Å². The first-order valence-corrected chi connectivity index (χ1v) is 6.08. The van der Waals surface area contributed by atoms with Crippen molar-refractivity contribution >= 4 is 0 Å². The van der Waals surface area contributed by atoms with Crippen molar-refractivity contribution < 1.29 is 0 Å². The van der Waals surface area contributed by atoms with Crippen molar-refractivity contribution in [2.24, 2.45) is 5.84 Å². The average Bonchev–Trinajstić information content (AvgIpc) is 2.74. The zero-order valence-corrected chi connectivity index (χ0v) is 11.0. The van der Waals surface area contributed by atoms with Crippen molar-refractivity contribution in [1.29, 1.82) is 0 Å². The molecule has 2 rings (SSSR count). The molecule has 5 heteroatoms. The van der Waals surface area contributed by atoms with Crippen molar-refractivity contribution in [3.05, 3.63) is 47.0 Å². The molecule has 0 fully saturated rings. The second-order valence-electron chi connectivity index (χ2n) is 4.36. The summed E-state index contributed by atoms with van der Waals surface area (Å²) in [7, 11) is 0. The predicted octanol–water partition coefficient (Wildman–Crippen LogP) is 1.47. The molecule has 96 valence electrons. The number of hydrazine groups is 1. The van der Waals surface area contributed by atoms with Crippen LogP contribution >= 0.6 is 0 Å². The molecular formula is C13H19N5. The van der Waals surface area contributed by atoms with Crippen LogP contribution in [0.2, 0.25) is 0 Å². The van der Waals surface area contributed by atoms with Gasteiger partial charge in [-0.2, -0.15) is 5.10 Å². The largest absolute Gasteiger partial charge is 0.271 e. The number of aromatic nitrogens is 3. The minimum atomic E-state index is -0.0835. The fourth-order valence-electron chi connectivity index (χ4n) is 2.16. The van der Waals surface area contributed by atoms with E-state index in [9.17, 15) is 0 Å². The Kier molecular flexibility index (Phi) is 3.74. The Balaban J connectivity index is 2.48. The molecule has 0 saturated heterocycles. The van der Waals surface area contributed by atoms with Crippen molar-refractivity contribution in [2.75, 3.05) is 0 Å². The summed E-state index contributed by atoms with van der Waals surface area (Å²) in [5.41, 5.74) is 7.16. The standard InChI is InChI=1S/C13H19N5/c1-4-18-12(7-10(3)17-18)13(16-14)11-8-15-6-5-9(11)2/h5-8,13,16H,4,14H2,1-3H3. The van der Waals surface area contributed by atoms with Gasteiger partial charge >= 0.3 is 0 Å². The van der Waals surface area contributed by atoms with Crippen molar-refractivity contribution in [2.45, 2.75) is 33.4 Å². The Bertz CT molecular complexity index is 532. The summed E-state index contributed by atoms with van der Waals surface area (Å²) < 4.78 is 1.96. The van der Waals surface area contributed by atoms with Gasteiger partial charge in [0, 0.05) is 18.9 Å². The molecule has 1 atom stereocenters. The van der Waals surface area contributed by atoms with Gasteiger partial charge in [0.15, 0.2) is 0 Å². The van der Waals surface area contributed by atoms with Gasteiger partial charge in [-0.15, -0.1) is 0 Å². The number of aryl methyl sites for hydroxylation is 3. The lowest BCUT2D eigenvalue weighted by atomic mass is 10.0. The maximum absolute atomic E-state index is 5.72. The maximum Gasteiger partial charge on any atom is 0.0895 e. The Morgan fingerprint density at radius 3 is 2.83 bits per heavy atom. The summed E-state index contributed by atoms with van der Waals surface area (Å²) >= 11 is 0. The van der Waals surface area contributed by atoms with Gasteiger partial charge in [0.05, 0.1) is 17.4 Å². The number of nitrogens with two attached hydrogens (primary N) is 1. The molecule has 2 aromatic rings. The van der Waals surface area contributed by atoms with Gasteiger partial charge in [-0.1, -0.05) is 0 Å². The van der Waals surface area contributed by atoms with E-state index in [0.29, 0.717) is 0 Å². The maximum atomic E-state index is 5.72. The van der Waals surface area contributed by atoms with Crippen LogP contribution in [-0.4, -0.2) is 14.8 Å². The minimum Gasteiger partial charge on any atom is -0.271 e. The van der Waals surface area contributed by atoms with Crippen LogP contribution < -0.4 is 11.3 Å². The normalized spacial score (nSPS) is 12.7. The number of nitrogens with zero attached hydrogens (tertiary/aromatic N) is 3. The smallest absolute Gasteiger partial charge is 0.0895 e. The average molecular weight is 245 g/mol. The van der Waals surface area contributed by atoms with Crippen LogP contribution in [0.5, 0.6) is 0 Å². The van der Waals surface area contributed by atoms with Crippen LogP contribution in [0.25, 0.3) is 0 Å². The third kappa shape index (κ3) is 2.27. The van der Waals surface area contributed by atoms with E-state index in [1.165, 1.54) is 0 Å². The molecule has 0 amide bonds. The first kappa shape index (κ1) is 12.7. The van der Waals surface area contributed by atoms with E-state index in [1.807, 2.05) is 23.9 Å². The first-order valence-electron chi connectivity index (χ1n) is 6.08. The van der Waals surface area contributed by atoms with E-state index in [1.54, 1.807) is 6.20 Å². The second-order valence-corrected chi connectivity index (χ2v) is 4.36. The molecule has 0 aliphatic carbocycles. The molecule has 2 heterocycles. The number of hydrogen-bond acceptors (Lipinski definition) is 4. The molecule has 0 saturated carbocycles. The highest BCUT2D eigenvalue weighted by Crippen LogP contribution is 2.24. The lowest BCUT2D eigenvalue weighted by molar-refractivity contribution is 0.540. The van der Waals surface area contributed by atoms with Crippen LogP contribution in [0, 0.1) is 13.8 Å². The Labute approximate surface area is 107 Å². The van der Waals surface area contributed by atoms with E-state index in [4.69, 9.17) is 5.84 Å². The van der Waals surface area contributed by atoms with Crippen LogP contribution in [-0.2, 0) is 6.54 Å². The van der Waals surface area contributed by atoms with Gasteiger partial charge in [-0.25, -0.2) is 5.43 Å². The molecule has 0 spiro atoms. The highest BCUT2D eigenvalue weighted by atomic mass is 15.3. The zero-order valence-electron chi connectivity index (χ0n) is 11.0. The topological polar surface area (TPSA) is 68.8 Å². The Morgan fingerprint density at radius 1 is 1.44 bits per heavy atom. The first-order chi connectivity index (χ1) is 8.67. The molecule has 0 aliphatic rings. The van der Waals surface area contributed by atoms with E-state index < -0.39 is 0 Å². The van der Waals surface area contributed by atoms with E-state index in [-0.39, 0.29) is 6.04 Å². The molecule has 3 N–H and O–H groups in total. The van der Waals surface area contributed by atoms with Gasteiger partial charge in [-0.3, -0.25) is 15.5 Å². The summed E-state index contributed by atoms with van der Waals surface area (Å²) in [6, 6.07) is 3.96. The van der Waals surface area contributed by atoms with Gasteiger partial charge in [0.2, 0.25) is 0 Å². The molecular weight excluding hydrogens is 226 g/mol. The van der Waals surface area contributed by atoms with E-state index in [2.05, 4.69) is 35.4 Å². The molecule has 0 bridgehead atoms. The monoisotopic (exact) mass is 245 g/mol. The molecule has 0 radical (unpaired) electrons. The quantitative estimate of drug-likeness (QED) is 0.632. The third-order valence-electron chi connectivity index (χ3n) is 3.09. The molecule has 0 aromatic carbocycles. The molecule has 0 aliphatic heterocycles. The summed E-state index contributed by atoms with van der Waals surface area (Å²) in [6.07, 6.45) is 3.64. The van der Waals surface area contributed by atoms with Crippen LogP contribution in [0.15, 0.2) is 24.5 Å². The minimum absolute atomic E-state index is 0.0835. The molecule has 2 aromatic heterocycles. The van der Waals surface area contributed by atoms with Gasteiger partial charge < -0.3 is 0 Å². The molecule has 1 unspecified atom stereocenters. The SMILES string of the molecule is CCn1nc(C)cc1C(NN)c1cnccc1C. The summed E-state index contributed by atoms with van der Waals surface area (Å²) in [6.45, 7) is 6.93. The fraction of sp³-hybridized carbons (Fsp3) is 0.385. The van der Waals surface area contributed by atoms with E-state index in [0.717, 1.165) is 29.1 Å². The number of nitrogens with one attached hydrogen (secondary N) is 1. The highest BCUT2D eigenvalue weighted by molar-refractivity contribution is 5.32. The number of rotatable bonds is 4. The highest BCUT2D eigenvalue weighted by Gasteiger charge is 2.19. The van der Waals surface area contributed by atoms with Gasteiger partial charge in [0.1, 0.15) is 0 Å². The third-order valence-corrected chi connectivity index (χ3v) is 3.09. The zero-order chi connectivity index (χ0) is 13.1. The lowest BCUT2D eigenvalue weighted by Gasteiger charge is -2.19. The Hall–Kier alpha value is -1.72. The molecule has 5 nitrogen and oxygen atoms in total. The van der Waals surface area contributed by atoms with Crippen molar-refractivity contribution in [1.82, 2.24) is 20.2 Å². The van der Waals surface area contributed by atoms with Gasteiger partial charge in [-0.05, 0) is 44.0 Å². The fourth-order valence-corrected chi connectivity index (χ4v) is 2.16. The van der Waals surface area contributed by atoms with Crippen LogP contribution in [0.4, 0.5) is 0 Å². The van der Waals surface area contributed by atoms with Crippen LogP contribution in [0.3, 0.4) is 0 Å². The number of hydrogen-bond donors (Lipinski definition) is 2. The summed E-state index contributed by atoms with van der Waals surface area (Å²) in [5, 5.41) is 4.45. The second kappa shape index (κ2) is 5.29. The van der Waals surface area contributed by atoms with E-state index >= 15 is 0 Å².